The van der Waals surface area contributed by atoms with Crippen LogP contribution in [-0.4, -0.2) is 24.9 Å². The van der Waals surface area contributed by atoms with Crippen molar-refractivity contribution in [2.75, 3.05) is 0 Å². The molecule has 0 spiro atoms. The van der Waals surface area contributed by atoms with Crippen LogP contribution in [0, 0.1) is 34.1 Å². The van der Waals surface area contributed by atoms with Gasteiger partial charge in [-0.25, -0.2) is 9.57 Å². The van der Waals surface area contributed by atoms with Gasteiger partial charge < -0.3 is 0 Å². The Hall–Kier alpha value is -4.41. The molecule has 0 unspecified atom stereocenters. The fraction of sp³-hybridized carbons (Fsp3) is 0.160. The van der Waals surface area contributed by atoms with Crippen LogP contribution in [0.4, 0.5) is 11.4 Å². The molecule has 4 aromatic rings. The third kappa shape index (κ3) is 4.27. The number of non-ortho nitro benzene ring substituents is 1. The molecule has 1 heterocycles. The largest absolute Gasteiger partial charge is 0.301 e. The Morgan fingerprint density at radius 3 is 1.97 bits per heavy atom. The lowest BCUT2D eigenvalue weighted by Gasteiger charge is -2.32. The first-order valence-corrected chi connectivity index (χ1v) is 10.7. The predicted octanol–water partition coefficient (Wildman–Crippen LogP) is 5.28. The van der Waals surface area contributed by atoms with E-state index in [0.717, 1.165) is 6.07 Å². The van der Waals surface area contributed by atoms with E-state index in [1.54, 1.807) is 13.8 Å². The number of aromatic nitrogens is 2. The Balaban J connectivity index is 1.88. The average molecular weight is 474 g/mol. The molecule has 0 amide bonds. The summed E-state index contributed by atoms with van der Waals surface area (Å²) in [7, 11) is 0. The van der Waals surface area contributed by atoms with Gasteiger partial charge >= 0.3 is 5.69 Å². The van der Waals surface area contributed by atoms with Gasteiger partial charge in [0.1, 0.15) is 5.69 Å². The lowest BCUT2D eigenvalue weighted by atomic mass is 9.81. The minimum Gasteiger partial charge on any atom is -0.258 e. The highest BCUT2D eigenvalue weighted by Crippen LogP contribution is 2.39. The van der Waals surface area contributed by atoms with Gasteiger partial charge in [0.15, 0.2) is 5.60 Å². The van der Waals surface area contributed by atoms with Gasteiger partial charge in [-0.05, 0) is 31.0 Å². The third-order valence-corrected chi connectivity index (χ3v) is 6.10. The van der Waals surface area contributed by atoms with Crippen molar-refractivity contribution in [2.45, 2.75) is 25.9 Å². The minimum atomic E-state index is -1.27. The van der Waals surface area contributed by atoms with E-state index >= 15 is 0 Å². The summed E-state index contributed by atoms with van der Waals surface area (Å²) in [5.74, 6) is 0. The van der Waals surface area contributed by atoms with Crippen molar-refractivity contribution < 1.29 is 20.0 Å². The molecular weight excluding hydrogens is 452 g/mol. The van der Waals surface area contributed by atoms with Crippen molar-refractivity contribution in [3.63, 3.8) is 0 Å². The van der Waals surface area contributed by atoms with Crippen LogP contribution in [0.5, 0.6) is 0 Å². The number of nitrogens with zero attached hydrogens (tertiary/aromatic N) is 4. The Morgan fingerprint density at radius 1 is 0.914 bits per heavy atom. The third-order valence-electron chi connectivity index (χ3n) is 6.10. The van der Waals surface area contributed by atoms with Gasteiger partial charge in [-0.15, -0.1) is 0 Å². The summed E-state index contributed by atoms with van der Waals surface area (Å²) in [5, 5.41) is 37.6. The first-order chi connectivity index (χ1) is 16.8. The number of hydrogen-bond acceptors (Lipinski definition) is 7. The number of rotatable bonds is 8. The van der Waals surface area contributed by atoms with E-state index in [1.807, 2.05) is 60.7 Å². The Kier molecular flexibility index (Phi) is 6.41. The molecular formula is C25H22N4O6. The van der Waals surface area contributed by atoms with Gasteiger partial charge in [0.05, 0.1) is 21.6 Å². The summed E-state index contributed by atoms with van der Waals surface area (Å²) in [4.78, 5) is 26.7. The molecule has 1 aromatic heterocycles. The van der Waals surface area contributed by atoms with E-state index in [-0.39, 0.29) is 17.8 Å². The smallest absolute Gasteiger partial charge is 0.258 e. The highest BCUT2D eigenvalue weighted by atomic mass is 17.1. The Bertz CT molecular complexity index is 1350. The number of nitro groups is 2. The molecule has 0 atom stereocenters. The van der Waals surface area contributed by atoms with E-state index in [0.29, 0.717) is 28.1 Å². The van der Waals surface area contributed by atoms with Crippen molar-refractivity contribution in [3.8, 4) is 5.69 Å². The molecule has 0 saturated heterocycles. The standard InChI is InChI=1S/C25H22N4O6/c1-17-22(16-25(35-34,19-9-5-3-6-10-19)20-11-7-4-8-12-20)18(2)27(26-17)23-14-13-21(28(30)31)15-24(23)29(32)33/h3-15,34H,16H2,1-2H3. The summed E-state index contributed by atoms with van der Waals surface area (Å²) in [6, 6.07) is 21.9. The van der Waals surface area contributed by atoms with E-state index < -0.39 is 21.1 Å². The number of benzene rings is 3. The minimum absolute atomic E-state index is 0.0994. The van der Waals surface area contributed by atoms with Gasteiger partial charge in [0.25, 0.3) is 5.69 Å². The predicted molar refractivity (Wildman–Crippen MR) is 127 cm³/mol. The molecule has 0 aliphatic heterocycles. The SMILES string of the molecule is Cc1nn(-c2ccc([N+](=O)[O-])cc2[N+](=O)[O-])c(C)c1CC(OO)(c1ccccc1)c1ccccc1. The van der Waals surface area contributed by atoms with Crippen molar-refractivity contribution >= 4 is 11.4 Å². The van der Waals surface area contributed by atoms with Crippen LogP contribution in [0.3, 0.4) is 0 Å². The highest BCUT2D eigenvalue weighted by Gasteiger charge is 2.38. The zero-order valence-corrected chi connectivity index (χ0v) is 19.0. The molecule has 0 aliphatic rings. The number of aryl methyl sites for hydroxylation is 1. The summed E-state index contributed by atoms with van der Waals surface area (Å²) < 4.78 is 1.39. The van der Waals surface area contributed by atoms with Crippen LogP contribution >= 0.6 is 0 Å². The summed E-state index contributed by atoms with van der Waals surface area (Å²) in [5.41, 5.74) is 1.28. The van der Waals surface area contributed by atoms with Gasteiger partial charge in [-0.2, -0.15) is 5.10 Å². The number of nitro benzene ring substituents is 2. The Morgan fingerprint density at radius 2 is 1.49 bits per heavy atom. The van der Waals surface area contributed by atoms with Crippen LogP contribution in [0.15, 0.2) is 78.9 Å². The van der Waals surface area contributed by atoms with E-state index in [1.165, 1.54) is 16.8 Å². The molecule has 0 aliphatic carbocycles. The molecule has 0 fully saturated rings. The van der Waals surface area contributed by atoms with E-state index in [2.05, 4.69) is 5.10 Å². The lowest BCUT2D eigenvalue weighted by molar-refractivity contribution is -0.394. The monoisotopic (exact) mass is 474 g/mol. The molecule has 0 bridgehead atoms. The quantitative estimate of drug-likeness (QED) is 0.208. The second-order valence-corrected chi connectivity index (χ2v) is 8.08. The molecule has 4 rings (SSSR count). The Labute approximate surface area is 200 Å². The molecule has 10 nitrogen and oxygen atoms in total. The van der Waals surface area contributed by atoms with Crippen LogP contribution in [-0.2, 0) is 16.9 Å². The van der Waals surface area contributed by atoms with E-state index in [4.69, 9.17) is 4.89 Å². The molecule has 0 saturated carbocycles. The zero-order valence-electron chi connectivity index (χ0n) is 19.0. The molecule has 178 valence electrons. The zero-order chi connectivity index (χ0) is 25.2. The summed E-state index contributed by atoms with van der Waals surface area (Å²) in [6.45, 7) is 3.51. The second kappa shape index (κ2) is 9.45. The lowest BCUT2D eigenvalue weighted by Crippen LogP contribution is -2.33. The summed E-state index contributed by atoms with van der Waals surface area (Å²) >= 11 is 0. The van der Waals surface area contributed by atoms with Crippen molar-refractivity contribution in [1.82, 2.24) is 9.78 Å². The average Bonchev–Trinajstić information content (AvgIpc) is 3.15. The van der Waals surface area contributed by atoms with Crippen LogP contribution in [0.25, 0.3) is 5.69 Å². The van der Waals surface area contributed by atoms with Gasteiger partial charge in [-0.1, -0.05) is 60.7 Å². The molecule has 35 heavy (non-hydrogen) atoms. The summed E-state index contributed by atoms with van der Waals surface area (Å²) in [6.07, 6.45) is 0.177. The van der Waals surface area contributed by atoms with Crippen molar-refractivity contribution in [2.24, 2.45) is 0 Å². The van der Waals surface area contributed by atoms with Gasteiger partial charge in [0, 0.05) is 23.7 Å². The molecule has 0 radical (unpaired) electrons. The first-order valence-electron chi connectivity index (χ1n) is 10.7. The maximum atomic E-state index is 11.7. The molecule has 1 N–H and O–H groups in total. The van der Waals surface area contributed by atoms with Crippen molar-refractivity contribution in [3.05, 3.63) is 127 Å². The topological polar surface area (TPSA) is 134 Å². The second-order valence-electron chi connectivity index (χ2n) is 8.08. The highest BCUT2D eigenvalue weighted by molar-refractivity contribution is 5.59. The van der Waals surface area contributed by atoms with Gasteiger partial charge in [0.2, 0.25) is 0 Å². The van der Waals surface area contributed by atoms with Crippen LogP contribution < -0.4 is 0 Å². The molecule has 3 aromatic carbocycles. The number of hydrogen-bond donors (Lipinski definition) is 1. The van der Waals surface area contributed by atoms with Crippen LogP contribution in [0.2, 0.25) is 0 Å². The fourth-order valence-corrected chi connectivity index (χ4v) is 4.29. The van der Waals surface area contributed by atoms with Gasteiger partial charge in [-0.3, -0.25) is 25.5 Å². The first kappa shape index (κ1) is 23.7. The van der Waals surface area contributed by atoms with E-state index in [9.17, 15) is 25.5 Å². The van der Waals surface area contributed by atoms with Crippen molar-refractivity contribution in [1.29, 1.82) is 0 Å². The van der Waals surface area contributed by atoms with Crippen LogP contribution in [0.1, 0.15) is 28.1 Å². The molecule has 10 heteroatoms. The maximum absolute atomic E-state index is 11.7. The fourth-order valence-electron chi connectivity index (χ4n) is 4.29. The normalized spacial score (nSPS) is 11.4. The maximum Gasteiger partial charge on any atom is 0.301 e.